The van der Waals surface area contributed by atoms with Crippen LogP contribution in [0.3, 0.4) is 0 Å². The summed E-state index contributed by atoms with van der Waals surface area (Å²) in [5.74, 6) is -0.403. The quantitative estimate of drug-likeness (QED) is 0.683. The van der Waals surface area contributed by atoms with Crippen LogP contribution in [0.15, 0.2) is 46.9 Å². The smallest absolute Gasteiger partial charge is 0.378 e. The van der Waals surface area contributed by atoms with E-state index in [0.717, 1.165) is 12.1 Å². The Kier molecular flexibility index (Phi) is 4.56. The third-order valence-electron chi connectivity index (χ3n) is 3.04. The van der Waals surface area contributed by atoms with Gasteiger partial charge >= 0.3 is 6.18 Å². The van der Waals surface area contributed by atoms with Crippen molar-refractivity contribution in [2.45, 2.75) is 19.1 Å². The van der Waals surface area contributed by atoms with Crippen LogP contribution in [0.2, 0.25) is 0 Å². The molecular weight excluding hydrogens is 350 g/mol. The lowest BCUT2D eigenvalue weighted by Crippen LogP contribution is -2.09. The van der Waals surface area contributed by atoms with Gasteiger partial charge in [0.1, 0.15) is 5.82 Å². The Hall–Kier alpha value is -1.56. The van der Waals surface area contributed by atoms with E-state index in [4.69, 9.17) is 0 Å². The molecule has 1 nitrogen and oxygen atoms in total. The van der Waals surface area contributed by atoms with Crippen LogP contribution in [-0.2, 0) is 6.18 Å². The van der Waals surface area contributed by atoms with Gasteiger partial charge in [0.15, 0.2) is 0 Å². The van der Waals surface area contributed by atoms with Crippen LogP contribution in [0.5, 0.6) is 0 Å². The van der Waals surface area contributed by atoms with E-state index in [-0.39, 0.29) is 6.04 Å². The topological polar surface area (TPSA) is 12.0 Å². The molecule has 2 aromatic carbocycles. The lowest BCUT2D eigenvalue weighted by atomic mass is 10.1. The minimum atomic E-state index is -4.34. The highest BCUT2D eigenvalue weighted by atomic mass is 79.9. The zero-order chi connectivity index (χ0) is 15.6. The Morgan fingerprint density at radius 2 is 1.67 bits per heavy atom. The van der Waals surface area contributed by atoms with Gasteiger partial charge in [-0.05, 0) is 58.7 Å². The van der Waals surface area contributed by atoms with Crippen LogP contribution in [0, 0.1) is 5.82 Å². The Bertz CT molecular complexity index is 623. The predicted octanol–water partition coefficient (Wildman–Crippen LogP) is 5.78. The van der Waals surface area contributed by atoms with Crippen molar-refractivity contribution in [1.29, 1.82) is 0 Å². The van der Waals surface area contributed by atoms with Crippen molar-refractivity contribution in [2.24, 2.45) is 0 Å². The summed E-state index contributed by atoms with van der Waals surface area (Å²) in [5, 5.41) is 3.04. The molecule has 0 aliphatic rings. The first-order valence-corrected chi connectivity index (χ1v) is 6.95. The highest BCUT2D eigenvalue weighted by Gasteiger charge is 2.30. The van der Waals surface area contributed by atoms with Gasteiger partial charge in [-0.3, -0.25) is 0 Å². The van der Waals surface area contributed by atoms with Gasteiger partial charge in [-0.2, -0.15) is 13.2 Å². The summed E-state index contributed by atoms with van der Waals surface area (Å²) in [5.41, 5.74) is 0.558. The number of halogens is 5. The minimum absolute atomic E-state index is 0.243. The molecule has 2 aromatic rings. The van der Waals surface area contributed by atoms with Crippen molar-refractivity contribution in [3.63, 3.8) is 0 Å². The SMILES string of the molecule is CC(Nc1ccc(Br)c(F)c1)c1ccc(C(F)(F)F)cc1. The van der Waals surface area contributed by atoms with Crippen LogP contribution in [-0.4, -0.2) is 0 Å². The second-order valence-electron chi connectivity index (χ2n) is 4.61. The van der Waals surface area contributed by atoms with Gasteiger partial charge in [0.05, 0.1) is 10.0 Å². The van der Waals surface area contributed by atoms with E-state index in [0.29, 0.717) is 15.7 Å². The van der Waals surface area contributed by atoms with Gasteiger partial charge in [-0.15, -0.1) is 0 Å². The Morgan fingerprint density at radius 1 is 1.05 bits per heavy atom. The van der Waals surface area contributed by atoms with Gasteiger partial charge in [-0.1, -0.05) is 12.1 Å². The summed E-state index contributed by atoms with van der Waals surface area (Å²) >= 11 is 3.06. The number of anilines is 1. The zero-order valence-corrected chi connectivity index (χ0v) is 12.6. The van der Waals surface area contributed by atoms with Crippen molar-refractivity contribution >= 4 is 21.6 Å². The highest BCUT2D eigenvalue weighted by Crippen LogP contribution is 2.30. The van der Waals surface area contributed by atoms with E-state index >= 15 is 0 Å². The second-order valence-corrected chi connectivity index (χ2v) is 5.47. The fourth-order valence-corrected chi connectivity index (χ4v) is 2.13. The molecule has 0 amide bonds. The summed E-state index contributed by atoms with van der Waals surface area (Å²) in [6.07, 6.45) is -4.34. The largest absolute Gasteiger partial charge is 0.416 e. The van der Waals surface area contributed by atoms with Gasteiger partial charge in [0.2, 0.25) is 0 Å². The van der Waals surface area contributed by atoms with Crippen LogP contribution < -0.4 is 5.32 Å². The normalized spacial score (nSPS) is 13.0. The first-order valence-electron chi connectivity index (χ1n) is 6.16. The molecule has 6 heteroatoms. The molecule has 0 bridgehead atoms. The van der Waals surface area contributed by atoms with E-state index in [2.05, 4.69) is 21.2 Å². The molecule has 112 valence electrons. The Labute approximate surface area is 128 Å². The van der Waals surface area contributed by atoms with Crippen LogP contribution in [0.25, 0.3) is 0 Å². The molecule has 0 aromatic heterocycles. The summed E-state index contributed by atoms with van der Waals surface area (Å²) in [7, 11) is 0. The van der Waals surface area contributed by atoms with E-state index in [1.54, 1.807) is 19.1 Å². The average molecular weight is 362 g/mol. The Balaban J connectivity index is 2.13. The van der Waals surface area contributed by atoms with Gasteiger partial charge in [0.25, 0.3) is 0 Å². The molecule has 0 fully saturated rings. The van der Waals surface area contributed by atoms with Crippen LogP contribution >= 0.6 is 15.9 Å². The second kappa shape index (κ2) is 6.05. The summed E-state index contributed by atoms with van der Waals surface area (Å²) in [6, 6.07) is 9.24. The molecule has 0 saturated heterocycles. The van der Waals surface area contributed by atoms with Crippen molar-refractivity contribution in [3.8, 4) is 0 Å². The van der Waals surface area contributed by atoms with E-state index in [1.807, 2.05) is 0 Å². The predicted molar refractivity (Wildman–Crippen MR) is 77.6 cm³/mol. The molecule has 0 aliphatic heterocycles. The van der Waals surface area contributed by atoms with Crippen LogP contribution in [0.1, 0.15) is 24.1 Å². The highest BCUT2D eigenvalue weighted by molar-refractivity contribution is 9.10. The van der Waals surface area contributed by atoms with E-state index < -0.39 is 17.6 Å². The van der Waals surface area contributed by atoms with Gasteiger partial charge < -0.3 is 5.32 Å². The molecule has 1 N–H and O–H groups in total. The molecule has 0 spiro atoms. The van der Waals surface area contributed by atoms with E-state index in [1.165, 1.54) is 18.2 Å². The summed E-state index contributed by atoms with van der Waals surface area (Å²) < 4.78 is 51.2. The fourth-order valence-electron chi connectivity index (χ4n) is 1.88. The van der Waals surface area contributed by atoms with Gasteiger partial charge in [0, 0.05) is 11.7 Å². The number of alkyl halides is 3. The molecule has 2 rings (SSSR count). The third-order valence-corrected chi connectivity index (χ3v) is 3.68. The monoisotopic (exact) mass is 361 g/mol. The molecule has 1 atom stereocenters. The number of hydrogen-bond acceptors (Lipinski definition) is 1. The van der Waals surface area contributed by atoms with Crippen molar-refractivity contribution < 1.29 is 17.6 Å². The van der Waals surface area contributed by atoms with Crippen molar-refractivity contribution in [1.82, 2.24) is 0 Å². The number of benzene rings is 2. The lowest BCUT2D eigenvalue weighted by molar-refractivity contribution is -0.137. The average Bonchev–Trinajstić information content (AvgIpc) is 2.42. The van der Waals surface area contributed by atoms with Gasteiger partial charge in [-0.25, -0.2) is 4.39 Å². The standard InChI is InChI=1S/C15H12BrF4N/c1-9(21-12-6-7-13(16)14(17)8-12)10-2-4-11(5-3-10)15(18,19)20/h2-9,21H,1H3. The molecule has 0 radical (unpaired) electrons. The zero-order valence-electron chi connectivity index (χ0n) is 11.0. The lowest BCUT2D eigenvalue weighted by Gasteiger charge is -2.17. The maximum absolute atomic E-state index is 13.4. The molecule has 1 unspecified atom stereocenters. The molecule has 0 heterocycles. The summed E-state index contributed by atoms with van der Waals surface area (Å²) in [4.78, 5) is 0. The van der Waals surface area contributed by atoms with Crippen LogP contribution in [0.4, 0.5) is 23.2 Å². The summed E-state index contributed by atoms with van der Waals surface area (Å²) in [6.45, 7) is 1.79. The van der Waals surface area contributed by atoms with Crippen molar-refractivity contribution in [3.05, 3.63) is 63.9 Å². The number of hydrogen-bond donors (Lipinski definition) is 1. The number of rotatable bonds is 3. The molecule has 0 aliphatic carbocycles. The minimum Gasteiger partial charge on any atom is -0.378 e. The first kappa shape index (κ1) is 15.8. The van der Waals surface area contributed by atoms with Crippen molar-refractivity contribution in [2.75, 3.05) is 5.32 Å². The molecular formula is C15H12BrF4N. The van der Waals surface area contributed by atoms with E-state index in [9.17, 15) is 17.6 Å². The maximum atomic E-state index is 13.4. The third kappa shape index (κ3) is 3.97. The first-order chi connectivity index (χ1) is 9.77. The fraction of sp³-hybridized carbons (Fsp3) is 0.200. The number of nitrogens with one attached hydrogen (secondary N) is 1. The Morgan fingerprint density at radius 3 is 2.19 bits per heavy atom. The molecule has 0 saturated carbocycles. The molecule has 21 heavy (non-hydrogen) atoms. The maximum Gasteiger partial charge on any atom is 0.416 e.